The van der Waals surface area contributed by atoms with Crippen molar-refractivity contribution >= 4 is 11.6 Å². The molecule has 1 unspecified atom stereocenters. The molecule has 1 aromatic carbocycles. The highest BCUT2D eigenvalue weighted by Gasteiger charge is 2.30. The molecular formula is C16H20N2O. The van der Waals surface area contributed by atoms with Crippen LogP contribution in [0.5, 0.6) is 0 Å². The summed E-state index contributed by atoms with van der Waals surface area (Å²) in [5.41, 5.74) is 4.56. The largest absolute Gasteiger partial charge is 0.309 e. The first-order valence-corrected chi connectivity index (χ1v) is 6.99. The molecule has 1 saturated heterocycles. The number of amides is 1. The number of benzene rings is 1. The normalized spacial score (nSPS) is 21.7. The molecule has 1 N–H and O–H groups in total. The van der Waals surface area contributed by atoms with Crippen molar-refractivity contribution in [3.63, 3.8) is 0 Å². The van der Waals surface area contributed by atoms with Gasteiger partial charge in [0.15, 0.2) is 0 Å². The van der Waals surface area contributed by atoms with E-state index >= 15 is 0 Å². The lowest BCUT2D eigenvalue weighted by Crippen LogP contribution is -2.44. The van der Waals surface area contributed by atoms with Gasteiger partial charge in [-0.3, -0.25) is 4.79 Å². The van der Waals surface area contributed by atoms with Crippen LogP contribution in [0.4, 0.5) is 5.69 Å². The zero-order chi connectivity index (χ0) is 13.4. The molecule has 19 heavy (non-hydrogen) atoms. The molecule has 1 atom stereocenters. The van der Waals surface area contributed by atoms with E-state index in [1.807, 2.05) is 17.9 Å². The maximum Gasteiger partial charge on any atom is 0.254 e. The first kappa shape index (κ1) is 12.4. The third-order valence-electron chi connectivity index (χ3n) is 4.27. The van der Waals surface area contributed by atoms with Gasteiger partial charge in [-0.15, -0.1) is 0 Å². The first-order chi connectivity index (χ1) is 9.18. The minimum absolute atomic E-state index is 0.177. The number of carbonyl (C=O) groups excluding carboxylic acids is 1. The van der Waals surface area contributed by atoms with Crippen LogP contribution in [0.15, 0.2) is 35.4 Å². The molecule has 1 fully saturated rings. The predicted octanol–water partition coefficient (Wildman–Crippen LogP) is 2.27. The fourth-order valence-electron chi connectivity index (χ4n) is 2.84. The number of rotatable bonds is 1. The number of hydrogen-bond acceptors (Lipinski definition) is 2. The number of para-hydroxylation sites is 1. The van der Waals surface area contributed by atoms with E-state index in [0.29, 0.717) is 0 Å². The highest BCUT2D eigenvalue weighted by atomic mass is 16.2. The van der Waals surface area contributed by atoms with Crippen LogP contribution in [0.1, 0.15) is 25.8 Å². The standard InChI is InChI=1S/C16H20N2O/c1-11-7-8-13-5-3-4-6-15(13)18(11)16(19)12(2)14-9-17-10-14/h3-6,11,17H,7-10H2,1-2H3. The van der Waals surface area contributed by atoms with E-state index in [1.54, 1.807) is 0 Å². The summed E-state index contributed by atoms with van der Waals surface area (Å²) >= 11 is 0. The van der Waals surface area contributed by atoms with Crippen molar-refractivity contribution in [1.29, 1.82) is 0 Å². The van der Waals surface area contributed by atoms with Crippen LogP contribution in [0.2, 0.25) is 0 Å². The lowest BCUT2D eigenvalue weighted by Gasteiger charge is -2.36. The minimum Gasteiger partial charge on any atom is -0.309 e. The van der Waals surface area contributed by atoms with Gasteiger partial charge in [0.2, 0.25) is 0 Å². The third-order valence-corrected chi connectivity index (χ3v) is 4.27. The van der Waals surface area contributed by atoms with Crippen molar-refractivity contribution in [1.82, 2.24) is 5.32 Å². The van der Waals surface area contributed by atoms with Crippen LogP contribution >= 0.6 is 0 Å². The van der Waals surface area contributed by atoms with Gasteiger partial charge in [0, 0.05) is 30.4 Å². The Balaban J connectivity index is 1.97. The van der Waals surface area contributed by atoms with Gasteiger partial charge < -0.3 is 10.2 Å². The Bertz CT molecular complexity index is 541. The van der Waals surface area contributed by atoms with Crippen LogP contribution < -0.4 is 10.2 Å². The maximum atomic E-state index is 12.7. The SMILES string of the molecule is CC(C(=O)N1c2ccccc2CCC1C)=C1CNC1. The van der Waals surface area contributed by atoms with Crippen molar-refractivity contribution in [2.24, 2.45) is 0 Å². The lowest BCUT2D eigenvalue weighted by atomic mass is 9.94. The summed E-state index contributed by atoms with van der Waals surface area (Å²) in [5.74, 6) is 0.177. The summed E-state index contributed by atoms with van der Waals surface area (Å²) in [6.07, 6.45) is 2.11. The number of aryl methyl sites for hydroxylation is 1. The number of carbonyl (C=O) groups is 1. The zero-order valence-electron chi connectivity index (χ0n) is 11.6. The van der Waals surface area contributed by atoms with E-state index in [1.165, 1.54) is 11.1 Å². The molecule has 2 aliphatic heterocycles. The van der Waals surface area contributed by atoms with Gasteiger partial charge in [0.1, 0.15) is 0 Å². The smallest absolute Gasteiger partial charge is 0.254 e. The Labute approximate surface area is 114 Å². The Morgan fingerprint density at radius 2 is 2.05 bits per heavy atom. The van der Waals surface area contributed by atoms with E-state index in [9.17, 15) is 4.79 Å². The molecule has 1 amide bonds. The van der Waals surface area contributed by atoms with Gasteiger partial charge >= 0.3 is 0 Å². The Hall–Kier alpha value is -1.61. The van der Waals surface area contributed by atoms with E-state index < -0.39 is 0 Å². The van der Waals surface area contributed by atoms with Crippen LogP contribution in [0.25, 0.3) is 0 Å². The van der Waals surface area contributed by atoms with Gasteiger partial charge in [0.05, 0.1) is 0 Å². The van der Waals surface area contributed by atoms with Crippen LogP contribution in [0, 0.1) is 0 Å². The molecular weight excluding hydrogens is 236 g/mol. The molecule has 0 bridgehead atoms. The fourth-order valence-corrected chi connectivity index (χ4v) is 2.84. The lowest BCUT2D eigenvalue weighted by molar-refractivity contribution is -0.115. The second kappa shape index (κ2) is 4.82. The summed E-state index contributed by atoms with van der Waals surface area (Å²) in [7, 11) is 0. The Morgan fingerprint density at radius 3 is 2.74 bits per heavy atom. The highest BCUT2D eigenvalue weighted by Crippen LogP contribution is 2.32. The molecule has 0 aliphatic carbocycles. The van der Waals surface area contributed by atoms with Gasteiger partial charge in [-0.25, -0.2) is 0 Å². The molecule has 100 valence electrons. The number of anilines is 1. The topological polar surface area (TPSA) is 32.3 Å². The van der Waals surface area contributed by atoms with Crippen molar-refractivity contribution in [2.75, 3.05) is 18.0 Å². The van der Waals surface area contributed by atoms with Crippen molar-refractivity contribution < 1.29 is 4.79 Å². The molecule has 1 aromatic rings. The molecule has 0 radical (unpaired) electrons. The predicted molar refractivity (Wildman–Crippen MR) is 77.3 cm³/mol. The zero-order valence-corrected chi connectivity index (χ0v) is 11.6. The van der Waals surface area contributed by atoms with E-state index in [2.05, 4.69) is 30.4 Å². The van der Waals surface area contributed by atoms with E-state index in [-0.39, 0.29) is 11.9 Å². The monoisotopic (exact) mass is 256 g/mol. The van der Waals surface area contributed by atoms with Gasteiger partial charge in [-0.05, 0) is 43.9 Å². The Morgan fingerprint density at radius 1 is 1.32 bits per heavy atom. The molecule has 2 aliphatic rings. The number of hydrogen-bond donors (Lipinski definition) is 1. The van der Waals surface area contributed by atoms with Crippen molar-refractivity contribution in [3.8, 4) is 0 Å². The van der Waals surface area contributed by atoms with Crippen LogP contribution in [-0.2, 0) is 11.2 Å². The van der Waals surface area contributed by atoms with E-state index in [4.69, 9.17) is 0 Å². The first-order valence-electron chi connectivity index (χ1n) is 6.99. The fraction of sp³-hybridized carbons (Fsp3) is 0.438. The highest BCUT2D eigenvalue weighted by molar-refractivity contribution is 6.07. The second-order valence-corrected chi connectivity index (χ2v) is 5.52. The Kier molecular flexibility index (Phi) is 3.15. The average molecular weight is 256 g/mol. The van der Waals surface area contributed by atoms with Gasteiger partial charge in [0.25, 0.3) is 5.91 Å². The molecule has 3 nitrogen and oxygen atoms in total. The average Bonchev–Trinajstić information content (AvgIpc) is 2.36. The number of nitrogens with zero attached hydrogens (tertiary/aromatic N) is 1. The second-order valence-electron chi connectivity index (χ2n) is 5.52. The van der Waals surface area contributed by atoms with Crippen molar-refractivity contribution in [2.45, 2.75) is 32.7 Å². The quantitative estimate of drug-likeness (QED) is 0.782. The van der Waals surface area contributed by atoms with Crippen LogP contribution in [0.3, 0.4) is 0 Å². The van der Waals surface area contributed by atoms with Gasteiger partial charge in [-0.2, -0.15) is 0 Å². The molecule has 0 aromatic heterocycles. The molecule has 3 rings (SSSR count). The number of fused-ring (bicyclic) bond motifs is 1. The summed E-state index contributed by atoms with van der Waals surface area (Å²) in [6.45, 7) is 5.83. The van der Waals surface area contributed by atoms with E-state index in [0.717, 1.165) is 37.2 Å². The molecule has 0 saturated carbocycles. The molecule has 0 spiro atoms. The van der Waals surface area contributed by atoms with Crippen LogP contribution in [-0.4, -0.2) is 25.0 Å². The van der Waals surface area contributed by atoms with Gasteiger partial charge in [-0.1, -0.05) is 18.2 Å². The summed E-state index contributed by atoms with van der Waals surface area (Å²) in [4.78, 5) is 14.7. The van der Waals surface area contributed by atoms with Crippen molar-refractivity contribution in [3.05, 3.63) is 41.0 Å². The number of nitrogens with one attached hydrogen (secondary N) is 1. The summed E-state index contributed by atoms with van der Waals surface area (Å²) < 4.78 is 0. The maximum absolute atomic E-state index is 12.7. The molecule has 3 heteroatoms. The minimum atomic E-state index is 0.177. The third kappa shape index (κ3) is 2.08. The molecule has 2 heterocycles. The summed E-state index contributed by atoms with van der Waals surface area (Å²) in [5, 5.41) is 3.20. The summed E-state index contributed by atoms with van der Waals surface area (Å²) in [6, 6.07) is 8.56.